The Labute approximate surface area is 45.1 Å². The van der Waals surface area contributed by atoms with E-state index in [9.17, 15) is 13.6 Å². The van der Waals surface area contributed by atoms with E-state index in [4.69, 9.17) is 0 Å². The van der Waals surface area contributed by atoms with Gasteiger partial charge in [-0.2, -0.15) is 8.78 Å². The molecule has 0 aliphatic heterocycles. The van der Waals surface area contributed by atoms with Gasteiger partial charge in [0.2, 0.25) is 0 Å². The fraction of sp³-hybridized carbons (Fsp3) is 0.667. The van der Waals surface area contributed by atoms with Crippen LogP contribution in [0.25, 0.3) is 0 Å². The lowest BCUT2D eigenvalue weighted by atomic mass is 10.4. The van der Waals surface area contributed by atoms with Crippen LogP contribution in [0.4, 0.5) is 8.78 Å². The molecule has 0 aromatic heterocycles. The van der Waals surface area contributed by atoms with Crippen LogP contribution in [0, 0.1) is 0 Å². The van der Waals surface area contributed by atoms with E-state index in [1.807, 2.05) is 0 Å². The van der Waals surface area contributed by atoms with Gasteiger partial charge >= 0.3 is 5.92 Å². The van der Waals surface area contributed by atoms with Crippen molar-refractivity contribution in [3.63, 3.8) is 0 Å². The van der Waals surface area contributed by atoms with Crippen molar-refractivity contribution in [3.05, 3.63) is 0 Å². The standard InChI is InChI=1S/C3H4F2OS/c1-3(4,5)2(6)7/h1H3,(H,6,7). The first-order valence-corrected chi connectivity index (χ1v) is 2.00. The molecule has 0 saturated carbocycles. The smallest absolute Gasteiger partial charge is 0.281 e. The molecule has 0 unspecified atom stereocenters. The van der Waals surface area contributed by atoms with Gasteiger partial charge in [0.1, 0.15) is 0 Å². The van der Waals surface area contributed by atoms with Crippen LogP contribution in [0.5, 0.6) is 0 Å². The summed E-state index contributed by atoms with van der Waals surface area (Å²) in [6, 6.07) is 0. The second-order valence-corrected chi connectivity index (χ2v) is 1.60. The maximum Gasteiger partial charge on any atom is 0.312 e. The number of halogens is 2. The van der Waals surface area contributed by atoms with Gasteiger partial charge in [-0.05, 0) is 0 Å². The average Bonchev–Trinajstić information content (AvgIpc) is 1.31. The van der Waals surface area contributed by atoms with Crippen LogP contribution < -0.4 is 0 Å². The third-order valence-corrected chi connectivity index (χ3v) is 0.768. The Hall–Kier alpha value is -0.120. The summed E-state index contributed by atoms with van der Waals surface area (Å²) in [7, 11) is 0. The largest absolute Gasteiger partial charge is 0.312 e. The van der Waals surface area contributed by atoms with Crippen LogP contribution in [-0.2, 0) is 4.79 Å². The fourth-order valence-electron chi connectivity index (χ4n) is 0. The van der Waals surface area contributed by atoms with E-state index in [0.717, 1.165) is 0 Å². The van der Waals surface area contributed by atoms with Gasteiger partial charge in [0.25, 0.3) is 5.12 Å². The van der Waals surface area contributed by atoms with Crippen molar-refractivity contribution in [1.29, 1.82) is 0 Å². The summed E-state index contributed by atoms with van der Waals surface area (Å²) < 4.78 is 22.8. The zero-order valence-corrected chi connectivity index (χ0v) is 4.51. The molecule has 0 spiro atoms. The number of alkyl halides is 2. The molecule has 4 heteroatoms. The zero-order valence-electron chi connectivity index (χ0n) is 3.61. The van der Waals surface area contributed by atoms with E-state index < -0.39 is 11.0 Å². The summed E-state index contributed by atoms with van der Waals surface area (Å²) in [5, 5.41) is -1.40. The lowest BCUT2D eigenvalue weighted by Crippen LogP contribution is -2.18. The van der Waals surface area contributed by atoms with Crippen molar-refractivity contribution in [3.8, 4) is 0 Å². The highest BCUT2D eigenvalue weighted by Crippen LogP contribution is 2.13. The second-order valence-electron chi connectivity index (χ2n) is 1.19. The van der Waals surface area contributed by atoms with Crippen molar-refractivity contribution in [2.24, 2.45) is 0 Å². The van der Waals surface area contributed by atoms with Crippen LogP contribution in [0.15, 0.2) is 0 Å². The summed E-state index contributed by atoms with van der Waals surface area (Å²) in [4.78, 5) is 9.58. The van der Waals surface area contributed by atoms with E-state index in [0.29, 0.717) is 6.92 Å². The molecular weight excluding hydrogens is 122 g/mol. The number of rotatable bonds is 1. The minimum atomic E-state index is -3.27. The van der Waals surface area contributed by atoms with Gasteiger partial charge in [-0.1, -0.05) is 12.6 Å². The molecule has 0 atom stereocenters. The second kappa shape index (κ2) is 1.78. The highest BCUT2D eigenvalue weighted by molar-refractivity contribution is 7.96. The van der Waals surface area contributed by atoms with Crippen molar-refractivity contribution >= 4 is 17.7 Å². The first-order chi connectivity index (χ1) is 2.94. The highest BCUT2D eigenvalue weighted by atomic mass is 32.1. The molecular formula is C3H4F2OS. The molecule has 0 bridgehead atoms. The molecule has 0 aromatic carbocycles. The Morgan fingerprint density at radius 3 is 1.86 bits per heavy atom. The first kappa shape index (κ1) is 6.88. The summed E-state index contributed by atoms with van der Waals surface area (Å²) >= 11 is 2.89. The maximum atomic E-state index is 11.4. The Bertz CT molecular complexity index is 85.4. The lowest BCUT2D eigenvalue weighted by Gasteiger charge is -2.00. The third kappa shape index (κ3) is 2.56. The third-order valence-electron chi connectivity index (χ3n) is 0.376. The topological polar surface area (TPSA) is 17.1 Å². The molecule has 0 rings (SSSR count). The van der Waals surface area contributed by atoms with Crippen LogP contribution >= 0.6 is 12.6 Å². The minimum absolute atomic E-state index is 0.502. The molecule has 7 heavy (non-hydrogen) atoms. The van der Waals surface area contributed by atoms with Crippen LogP contribution in [0.3, 0.4) is 0 Å². The Kier molecular flexibility index (Phi) is 1.75. The molecule has 0 N–H and O–H groups in total. The molecule has 42 valence electrons. The quantitative estimate of drug-likeness (QED) is 0.520. The van der Waals surface area contributed by atoms with Crippen LogP contribution in [-0.4, -0.2) is 11.0 Å². The molecule has 0 fully saturated rings. The average molecular weight is 126 g/mol. The normalized spacial score (nSPS) is 11.4. The number of carbonyl (C=O) groups is 1. The monoisotopic (exact) mass is 126 g/mol. The van der Waals surface area contributed by atoms with Gasteiger partial charge in [0, 0.05) is 6.92 Å². The fourth-order valence-corrected chi connectivity index (χ4v) is 0. The van der Waals surface area contributed by atoms with E-state index in [-0.39, 0.29) is 0 Å². The van der Waals surface area contributed by atoms with Gasteiger partial charge in [0.15, 0.2) is 0 Å². The van der Waals surface area contributed by atoms with E-state index in [1.165, 1.54) is 0 Å². The number of carbonyl (C=O) groups excluding carboxylic acids is 1. The number of hydrogen-bond acceptors (Lipinski definition) is 1. The van der Waals surface area contributed by atoms with Gasteiger partial charge in [-0.15, -0.1) is 0 Å². The Balaban J connectivity index is 3.79. The highest BCUT2D eigenvalue weighted by Gasteiger charge is 2.28. The molecule has 0 saturated heterocycles. The predicted octanol–water partition coefficient (Wildman–Crippen LogP) is 1.10. The zero-order chi connectivity index (χ0) is 6.08. The molecule has 0 aliphatic carbocycles. The van der Waals surface area contributed by atoms with E-state index in [2.05, 4.69) is 12.6 Å². The first-order valence-electron chi connectivity index (χ1n) is 1.56. The maximum absolute atomic E-state index is 11.4. The van der Waals surface area contributed by atoms with Crippen LogP contribution in [0.1, 0.15) is 6.92 Å². The van der Waals surface area contributed by atoms with Crippen molar-refractivity contribution < 1.29 is 13.6 Å². The minimum Gasteiger partial charge on any atom is -0.281 e. The van der Waals surface area contributed by atoms with Crippen molar-refractivity contribution in [2.45, 2.75) is 12.8 Å². The number of thiol groups is 1. The van der Waals surface area contributed by atoms with Crippen molar-refractivity contribution in [2.75, 3.05) is 0 Å². The Morgan fingerprint density at radius 2 is 1.86 bits per heavy atom. The predicted molar refractivity (Wildman–Crippen MR) is 24.6 cm³/mol. The number of hydrogen-bond donors (Lipinski definition) is 1. The molecule has 0 aromatic rings. The van der Waals surface area contributed by atoms with E-state index in [1.54, 1.807) is 0 Å². The lowest BCUT2D eigenvalue weighted by molar-refractivity contribution is -0.130. The van der Waals surface area contributed by atoms with Gasteiger partial charge in [-0.25, -0.2) is 0 Å². The molecule has 1 nitrogen and oxygen atoms in total. The summed E-state index contributed by atoms with van der Waals surface area (Å²) in [6.45, 7) is 0.502. The van der Waals surface area contributed by atoms with Gasteiger partial charge in [-0.3, -0.25) is 4.79 Å². The summed E-state index contributed by atoms with van der Waals surface area (Å²) in [5.74, 6) is -3.27. The van der Waals surface area contributed by atoms with Gasteiger partial charge in [0.05, 0.1) is 0 Å². The summed E-state index contributed by atoms with van der Waals surface area (Å²) in [5.41, 5.74) is 0. The summed E-state index contributed by atoms with van der Waals surface area (Å²) in [6.07, 6.45) is 0. The molecule has 0 radical (unpaired) electrons. The van der Waals surface area contributed by atoms with Crippen LogP contribution in [0.2, 0.25) is 0 Å². The van der Waals surface area contributed by atoms with Gasteiger partial charge < -0.3 is 0 Å². The molecule has 0 heterocycles. The van der Waals surface area contributed by atoms with Crippen molar-refractivity contribution in [1.82, 2.24) is 0 Å². The van der Waals surface area contributed by atoms with E-state index >= 15 is 0 Å². The Morgan fingerprint density at radius 1 is 1.71 bits per heavy atom. The SMILES string of the molecule is CC(F)(F)C(=O)S. The molecule has 0 amide bonds. The molecule has 0 aliphatic rings.